The Bertz CT molecular complexity index is 574. The van der Waals surface area contributed by atoms with E-state index in [0.29, 0.717) is 5.69 Å². The van der Waals surface area contributed by atoms with Crippen molar-refractivity contribution in [2.75, 3.05) is 5.73 Å². The molecule has 0 spiro atoms. The maximum atomic E-state index is 12.0. The molecule has 0 saturated heterocycles. The van der Waals surface area contributed by atoms with Crippen LogP contribution in [-0.2, 0) is 11.3 Å². The van der Waals surface area contributed by atoms with Gasteiger partial charge in [-0.1, -0.05) is 6.07 Å². The molecular weight excluding hydrogens is 260 g/mol. The summed E-state index contributed by atoms with van der Waals surface area (Å²) >= 11 is 1.63. The lowest BCUT2D eigenvalue weighted by Gasteiger charge is -2.12. The first kappa shape index (κ1) is 13.6. The number of hydrogen-bond donors (Lipinski definition) is 2. The standard InChI is InChI=1S/C13H18N4OS/c1-8(11-5-4-6-19-11)15-12(18)7-17-10(3)13(14)9(2)16-17/h4-6,8H,7,14H2,1-3H3,(H,15,18). The third-order valence-corrected chi connectivity index (χ3v) is 4.13. The Hall–Kier alpha value is -1.82. The van der Waals surface area contributed by atoms with Gasteiger partial charge in [0.2, 0.25) is 5.91 Å². The van der Waals surface area contributed by atoms with E-state index in [1.54, 1.807) is 16.0 Å². The lowest BCUT2D eigenvalue weighted by Crippen LogP contribution is -2.30. The van der Waals surface area contributed by atoms with Crippen molar-refractivity contribution in [1.29, 1.82) is 0 Å². The van der Waals surface area contributed by atoms with E-state index in [9.17, 15) is 4.79 Å². The molecule has 1 atom stereocenters. The minimum atomic E-state index is -0.0634. The zero-order chi connectivity index (χ0) is 14.0. The van der Waals surface area contributed by atoms with Gasteiger partial charge >= 0.3 is 0 Å². The van der Waals surface area contributed by atoms with E-state index in [-0.39, 0.29) is 18.5 Å². The summed E-state index contributed by atoms with van der Waals surface area (Å²) in [6.45, 7) is 5.87. The minimum absolute atomic E-state index is 0.0156. The highest BCUT2D eigenvalue weighted by molar-refractivity contribution is 7.10. The maximum Gasteiger partial charge on any atom is 0.242 e. The van der Waals surface area contributed by atoms with Gasteiger partial charge in [0.15, 0.2) is 0 Å². The van der Waals surface area contributed by atoms with Crippen molar-refractivity contribution in [3.05, 3.63) is 33.8 Å². The molecule has 3 N–H and O–H groups in total. The van der Waals surface area contributed by atoms with E-state index in [4.69, 9.17) is 5.73 Å². The Morgan fingerprint density at radius 1 is 1.58 bits per heavy atom. The number of amides is 1. The molecule has 0 aliphatic rings. The van der Waals surface area contributed by atoms with Crippen molar-refractivity contribution < 1.29 is 4.79 Å². The molecule has 1 amide bonds. The van der Waals surface area contributed by atoms with Crippen LogP contribution in [0.5, 0.6) is 0 Å². The van der Waals surface area contributed by atoms with Crippen molar-refractivity contribution in [2.24, 2.45) is 0 Å². The molecule has 0 fully saturated rings. The van der Waals surface area contributed by atoms with Crippen LogP contribution in [0.3, 0.4) is 0 Å². The molecule has 0 saturated carbocycles. The van der Waals surface area contributed by atoms with Gasteiger partial charge in [-0.15, -0.1) is 11.3 Å². The number of rotatable bonds is 4. The predicted molar refractivity (Wildman–Crippen MR) is 77.0 cm³/mol. The molecule has 2 rings (SSSR count). The van der Waals surface area contributed by atoms with E-state index in [1.807, 2.05) is 38.3 Å². The zero-order valence-electron chi connectivity index (χ0n) is 11.3. The highest BCUT2D eigenvalue weighted by atomic mass is 32.1. The topological polar surface area (TPSA) is 72.9 Å². The fraction of sp³-hybridized carbons (Fsp3) is 0.385. The third kappa shape index (κ3) is 2.96. The van der Waals surface area contributed by atoms with Gasteiger partial charge in [0, 0.05) is 4.88 Å². The summed E-state index contributed by atoms with van der Waals surface area (Å²) in [7, 11) is 0. The first-order valence-corrected chi connectivity index (χ1v) is 6.99. The van der Waals surface area contributed by atoms with Gasteiger partial charge in [-0.2, -0.15) is 5.10 Å². The number of anilines is 1. The van der Waals surface area contributed by atoms with Crippen molar-refractivity contribution in [3.63, 3.8) is 0 Å². The third-order valence-electron chi connectivity index (χ3n) is 3.08. The Morgan fingerprint density at radius 2 is 2.32 bits per heavy atom. The second-order valence-electron chi connectivity index (χ2n) is 4.55. The Morgan fingerprint density at radius 3 is 2.84 bits per heavy atom. The van der Waals surface area contributed by atoms with Crippen molar-refractivity contribution in [1.82, 2.24) is 15.1 Å². The van der Waals surface area contributed by atoms with Crippen molar-refractivity contribution in [3.8, 4) is 0 Å². The summed E-state index contributed by atoms with van der Waals surface area (Å²) in [6, 6.07) is 4.00. The average Bonchev–Trinajstić information content (AvgIpc) is 2.96. The second-order valence-corrected chi connectivity index (χ2v) is 5.53. The van der Waals surface area contributed by atoms with Crippen LogP contribution in [0.4, 0.5) is 5.69 Å². The molecule has 5 nitrogen and oxygen atoms in total. The first-order valence-electron chi connectivity index (χ1n) is 6.11. The fourth-order valence-corrected chi connectivity index (χ4v) is 2.63. The van der Waals surface area contributed by atoms with Gasteiger partial charge in [-0.3, -0.25) is 9.48 Å². The molecule has 19 heavy (non-hydrogen) atoms. The number of nitrogens with zero attached hydrogens (tertiary/aromatic N) is 2. The smallest absolute Gasteiger partial charge is 0.242 e. The zero-order valence-corrected chi connectivity index (χ0v) is 12.1. The summed E-state index contributed by atoms with van der Waals surface area (Å²) in [6.07, 6.45) is 0. The SMILES string of the molecule is Cc1nn(CC(=O)NC(C)c2cccs2)c(C)c1N. The van der Waals surface area contributed by atoms with Gasteiger partial charge < -0.3 is 11.1 Å². The number of hydrogen-bond acceptors (Lipinski definition) is 4. The molecule has 2 aromatic rings. The first-order chi connectivity index (χ1) is 8.99. The second kappa shape index (κ2) is 5.44. The lowest BCUT2D eigenvalue weighted by molar-refractivity contribution is -0.122. The van der Waals surface area contributed by atoms with E-state index >= 15 is 0 Å². The van der Waals surface area contributed by atoms with Crippen LogP contribution in [0, 0.1) is 13.8 Å². The van der Waals surface area contributed by atoms with Crippen LogP contribution in [-0.4, -0.2) is 15.7 Å². The highest BCUT2D eigenvalue weighted by Gasteiger charge is 2.14. The molecule has 102 valence electrons. The summed E-state index contributed by atoms with van der Waals surface area (Å²) in [4.78, 5) is 13.1. The number of nitrogen functional groups attached to an aromatic ring is 1. The molecule has 0 bridgehead atoms. The minimum Gasteiger partial charge on any atom is -0.396 e. The largest absolute Gasteiger partial charge is 0.396 e. The number of nitrogens with one attached hydrogen (secondary N) is 1. The number of thiophene rings is 1. The van der Waals surface area contributed by atoms with Gasteiger partial charge in [0.1, 0.15) is 6.54 Å². The van der Waals surface area contributed by atoms with Crippen LogP contribution in [0.2, 0.25) is 0 Å². The molecule has 2 heterocycles. The number of aryl methyl sites for hydroxylation is 1. The van der Waals surface area contributed by atoms with Gasteiger partial charge in [-0.05, 0) is 32.2 Å². The molecular formula is C13H18N4OS. The molecule has 0 aliphatic carbocycles. The Kier molecular flexibility index (Phi) is 3.90. The number of aromatic nitrogens is 2. The normalized spacial score (nSPS) is 12.4. The van der Waals surface area contributed by atoms with Crippen molar-refractivity contribution >= 4 is 22.9 Å². The summed E-state index contributed by atoms with van der Waals surface area (Å²) in [5.74, 6) is -0.0634. The van der Waals surface area contributed by atoms with E-state index in [2.05, 4.69) is 10.4 Å². The van der Waals surface area contributed by atoms with Crippen LogP contribution in [0.1, 0.15) is 29.2 Å². The number of nitrogens with two attached hydrogens (primary N) is 1. The lowest BCUT2D eigenvalue weighted by atomic mass is 10.3. The van der Waals surface area contributed by atoms with E-state index in [1.165, 1.54) is 0 Å². The maximum absolute atomic E-state index is 12.0. The Labute approximate surface area is 116 Å². The van der Waals surface area contributed by atoms with Crippen molar-refractivity contribution in [2.45, 2.75) is 33.4 Å². The molecule has 0 aliphatic heterocycles. The fourth-order valence-electron chi connectivity index (χ4n) is 1.90. The van der Waals surface area contributed by atoms with Crippen LogP contribution < -0.4 is 11.1 Å². The molecule has 6 heteroatoms. The Balaban J connectivity index is 2.00. The van der Waals surface area contributed by atoms with Crippen LogP contribution >= 0.6 is 11.3 Å². The summed E-state index contributed by atoms with van der Waals surface area (Å²) < 4.78 is 1.64. The highest BCUT2D eigenvalue weighted by Crippen LogP contribution is 2.18. The molecule has 2 aromatic heterocycles. The summed E-state index contributed by atoms with van der Waals surface area (Å²) in [5, 5.41) is 9.21. The predicted octanol–water partition coefficient (Wildman–Crippen LogP) is 2.02. The van der Waals surface area contributed by atoms with E-state index in [0.717, 1.165) is 16.3 Å². The number of carbonyl (C=O) groups excluding carboxylic acids is 1. The van der Waals surface area contributed by atoms with Gasteiger partial charge in [0.05, 0.1) is 23.1 Å². The van der Waals surface area contributed by atoms with Crippen LogP contribution in [0.15, 0.2) is 17.5 Å². The quantitative estimate of drug-likeness (QED) is 0.898. The molecule has 1 unspecified atom stereocenters. The van der Waals surface area contributed by atoms with Crippen LogP contribution in [0.25, 0.3) is 0 Å². The van der Waals surface area contributed by atoms with E-state index < -0.39 is 0 Å². The van der Waals surface area contributed by atoms with Gasteiger partial charge in [-0.25, -0.2) is 0 Å². The monoisotopic (exact) mass is 278 g/mol. The number of carbonyl (C=O) groups is 1. The molecule has 0 radical (unpaired) electrons. The van der Waals surface area contributed by atoms with Gasteiger partial charge in [0.25, 0.3) is 0 Å². The molecule has 0 aromatic carbocycles. The summed E-state index contributed by atoms with van der Waals surface area (Å²) in [5.41, 5.74) is 8.09. The average molecular weight is 278 g/mol.